The molecule has 2 N–H and O–H groups in total. The van der Waals surface area contributed by atoms with Gasteiger partial charge in [0.25, 0.3) is 16.4 Å². The van der Waals surface area contributed by atoms with E-state index in [-0.39, 0.29) is 0 Å². The third kappa shape index (κ3) is 2.47. The molecule has 0 fully saturated rings. The molecule has 0 spiro atoms. The number of hydrogen-bond donors (Lipinski definition) is 1. The molecule has 0 atom stereocenters. The lowest BCUT2D eigenvalue weighted by molar-refractivity contribution is 0.144. The van der Waals surface area contributed by atoms with E-state index >= 15 is 0 Å². The van der Waals surface area contributed by atoms with Crippen LogP contribution in [0, 0.1) is 5.82 Å². The van der Waals surface area contributed by atoms with E-state index in [1.807, 2.05) is 0 Å². The third-order valence-corrected chi connectivity index (χ3v) is 3.38. The minimum atomic E-state index is -4.26. The Morgan fingerprint density at radius 1 is 1.47 bits per heavy atom. The van der Waals surface area contributed by atoms with Gasteiger partial charge >= 0.3 is 0 Å². The molecule has 0 saturated heterocycles. The van der Waals surface area contributed by atoms with Crippen molar-refractivity contribution in [3.05, 3.63) is 22.1 Å². The minimum absolute atomic E-state index is 0.381. The van der Waals surface area contributed by atoms with Crippen LogP contribution < -0.4 is 5.14 Å². The van der Waals surface area contributed by atoms with Crippen molar-refractivity contribution >= 4 is 26.0 Å². The lowest BCUT2D eigenvalue weighted by Crippen LogP contribution is -2.16. The molecule has 0 amide bonds. The van der Waals surface area contributed by atoms with Gasteiger partial charge in [0.2, 0.25) is 0 Å². The first-order chi connectivity index (χ1) is 6.75. The normalized spacial score (nSPS) is 12.1. The Bertz CT molecular complexity index is 491. The largest absolute Gasteiger partial charge is 0.267 e. The summed E-state index contributed by atoms with van der Waals surface area (Å²) < 4.78 is 58.6. The monoisotopic (exact) mass is 304 g/mol. The topological polar surface area (TPSA) is 73.1 Å². The summed E-state index contributed by atoms with van der Waals surface area (Å²) in [5, 5.41) is 3.87. The number of pyridine rings is 1. The molecule has 1 heterocycles. The van der Waals surface area contributed by atoms with Gasteiger partial charge in [-0.2, -0.15) is 0 Å². The summed E-state index contributed by atoms with van der Waals surface area (Å²) in [5.74, 6) is -1.30. The summed E-state index contributed by atoms with van der Waals surface area (Å²) in [6.07, 6.45) is -2.78. The van der Waals surface area contributed by atoms with Crippen LogP contribution in [-0.2, 0) is 10.0 Å². The number of sulfonamides is 1. The fraction of sp³-hybridized carbons (Fsp3) is 0.167. The van der Waals surface area contributed by atoms with E-state index in [2.05, 4.69) is 26.1 Å². The van der Waals surface area contributed by atoms with Crippen LogP contribution in [0.5, 0.6) is 0 Å². The fourth-order valence-electron chi connectivity index (χ4n) is 0.860. The van der Waals surface area contributed by atoms with Gasteiger partial charge in [0, 0.05) is 0 Å². The van der Waals surface area contributed by atoms with Crippen LogP contribution in [0.15, 0.2) is 15.7 Å². The standard InChI is InChI=1S/C6H4BrF3N2O2S/c7-4-3(5(9)10)2(8)1-12-6(4)15(11,13)14/h1,5H,(H2,11,13,14). The molecule has 84 valence electrons. The van der Waals surface area contributed by atoms with Gasteiger partial charge in [-0.3, -0.25) is 0 Å². The van der Waals surface area contributed by atoms with Crippen molar-refractivity contribution < 1.29 is 21.6 Å². The second-order valence-corrected chi connectivity index (χ2v) is 4.75. The Morgan fingerprint density at radius 2 is 2.00 bits per heavy atom. The number of hydrogen-bond acceptors (Lipinski definition) is 3. The van der Waals surface area contributed by atoms with Crippen molar-refractivity contribution in [1.82, 2.24) is 4.98 Å². The van der Waals surface area contributed by atoms with E-state index in [4.69, 9.17) is 0 Å². The van der Waals surface area contributed by atoms with E-state index in [1.54, 1.807) is 0 Å². The molecule has 4 nitrogen and oxygen atoms in total. The van der Waals surface area contributed by atoms with Crippen molar-refractivity contribution in [3.8, 4) is 0 Å². The molecule has 0 bridgehead atoms. The summed E-state index contributed by atoms with van der Waals surface area (Å²) in [5.41, 5.74) is -1.07. The average Bonchev–Trinajstić information content (AvgIpc) is 2.00. The molecule has 9 heteroatoms. The first kappa shape index (κ1) is 12.4. The number of rotatable bonds is 2. The zero-order valence-corrected chi connectivity index (χ0v) is 9.32. The van der Waals surface area contributed by atoms with Crippen LogP contribution in [0.2, 0.25) is 0 Å². The Balaban J connectivity index is 3.56. The van der Waals surface area contributed by atoms with Crippen LogP contribution in [0.25, 0.3) is 0 Å². The minimum Gasteiger partial charge on any atom is -0.239 e. The molecule has 0 saturated carbocycles. The predicted molar refractivity (Wildman–Crippen MR) is 48.2 cm³/mol. The number of aromatic nitrogens is 1. The maximum atomic E-state index is 12.9. The summed E-state index contributed by atoms with van der Waals surface area (Å²) in [6.45, 7) is 0. The van der Waals surface area contributed by atoms with Crippen molar-refractivity contribution in [2.75, 3.05) is 0 Å². The Kier molecular flexibility index (Phi) is 3.36. The van der Waals surface area contributed by atoms with E-state index in [0.29, 0.717) is 6.20 Å². The highest BCUT2D eigenvalue weighted by atomic mass is 79.9. The summed E-state index contributed by atoms with van der Waals surface area (Å²) in [7, 11) is -4.26. The number of halogens is 4. The van der Waals surface area contributed by atoms with Gasteiger partial charge in [0.1, 0.15) is 0 Å². The van der Waals surface area contributed by atoms with Crippen molar-refractivity contribution in [2.24, 2.45) is 5.14 Å². The Labute approximate surface area is 91.5 Å². The van der Waals surface area contributed by atoms with Gasteiger partial charge < -0.3 is 0 Å². The number of nitrogens with zero attached hydrogens (tertiary/aromatic N) is 1. The average molecular weight is 305 g/mol. The Morgan fingerprint density at radius 3 is 2.40 bits per heavy atom. The molecule has 0 aliphatic heterocycles. The number of alkyl halides is 2. The SMILES string of the molecule is NS(=O)(=O)c1ncc(F)c(C(F)F)c1Br. The second kappa shape index (κ2) is 4.06. The van der Waals surface area contributed by atoms with Crippen LogP contribution in [0.4, 0.5) is 13.2 Å². The van der Waals surface area contributed by atoms with E-state index in [1.165, 1.54) is 0 Å². The van der Waals surface area contributed by atoms with Crippen molar-refractivity contribution in [2.45, 2.75) is 11.5 Å². The first-order valence-corrected chi connectivity index (χ1v) is 5.74. The highest BCUT2D eigenvalue weighted by Crippen LogP contribution is 2.32. The maximum absolute atomic E-state index is 12.9. The molecule has 0 aliphatic carbocycles. The van der Waals surface area contributed by atoms with Crippen LogP contribution in [-0.4, -0.2) is 13.4 Å². The van der Waals surface area contributed by atoms with E-state index < -0.39 is 37.3 Å². The zero-order valence-electron chi connectivity index (χ0n) is 6.92. The van der Waals surface area contributed by atoms with Crippen LogP contribution in [0.1, 0.15) is 12.0 Å². The van der Waals surface area contributed by atoms with Gasteiger partial charge in [-0.25, -0.2) is 31.7 Å². The first-order valence-electron chi connectivity index (χ1n) is 3.40. The quantitative estimate of drug-likeness (QED) is 0.901. The van der Waals surface area contributed by atoms with Gasteiger partial charge in [-0.1, -0.05) is 0 Å². The molecule has 0 unspecified atom stereocenters. The maximum Gasteiger partial charge on any atom is 0.267 e. The molecule has 15 heavy (non-hydrogen) atoms. The lowest BCUT2D eigenvalue weighted by atomic mass is 10.3. The van der Waals surface area contributed by atoms with Crippen molar-refractivity contribution in [3.63, 3.8) is 0 Å². The summed E-state index contributed by atoms with van der Waals surface area (Å²) in [4.78, 5) is 3.12. The van der Waals surface area contributed by atoms with Gasteiger partial charge in [0.05, 0.1) is 16.2 Å². The molecular weight excluding hydrogens is 301 g/mol. The summed E-state index contributed by atoms with van der Waals surface area (Å²) >= 11 is 2.53. The molecule has 1 aromatic rings. The Hall–Kier alpha value is -0.670. The zero-order chi connectivity index (χ0) is 11.8. The van der Waals surface area contributed by atoms with Gasteiger partial charge in [0.15, 0.2) is 10.8 Å². The van der Waals surface area contributed by atoms with Crippen LogP contribution >= 0.6 is 15.9 Å². The molecule has 1 aromatic heterocycles. The smallest absolute Gasteiger partial charge is 0.239 e. The highest BCUT2D eigenvalue weighted by Gasteiger charge is 2.25. The number of primary sulfonamides is 1. The van der Waals surface area contributed by atoms with Crippen molar-refractivity contribution in [1.29, 1.82) is 0 Å². The molecular formula is C6H4BrF3N2O2S. The third-order valence-electron chi connectivity index (χ3n) is 1.46. The fourth-order valence-corrected chi connectivity index (χ4v) is 2.56. The predicted octanol–water partition coefficient (Wildman–Crippen LogP) is 1.57. The second-order valence-electron chi connectivity index (χ2n) is 2.48. The summed E-state index contributed by atoms with van der Waals surface area (Å²) in [6, 6.07) is 0. The lowest BCUT2D eigenvalue weighted by Gasteiger charge is -2.07. The molecule has 0 aliphatic rings. The van der Waals surface area contributed by atoms with Gasteiger partial charge in [-0.15, -0.1) is 0 Å². The van der Waals surface area contributed by atoms with Crippen LogP contribution in [0.3, 0.4) is 0 Å². The van der Waals surface area contributed by atoms with E-state index in [0.717, 1.165) is 0 Å². The molecule has 1 rings (SSSR count). The molecule has 0 aromatic carbocycles. The van der Waals surface area contributed by atoms with E-state index in [9.17, 15) is 21.6 Å². The number of nitrogens with two attached hydrogens (primary N) is 1. The highest BCUT2D eigenvalue weighted by molar-refractivity contribution is 9.10. The van der Waals surface area contributed by atoms with Gasteiger partial charge in [-0.05, 0) is 15.9 Å². The molecule has 0 radical (unpaired) electrons.